The number of halogens is 2. The number of hydrogen-bond donors (Lipinski definition) is 2. The first-order valence-corrected chi connectivity index (χ1v) is 11.4. The van der Waals surface area contributed by atoms with Crippen molar-refractivity contribution in [2.24, 2.45) is 5.92 Å². The third kappa shape index (κ3) is 4.40. The Morgan fingerprint density at radius 1 is 1.31 bits per heavy atom. The molecule has 36 heavy (non-hydrogen) atoms. The van der Waals surface area contributed by atoms with Gasteiger partial charge in [0.2, 0.25) is 5.91 Å². The minimum atomic E-state index is -0.578. The largest absolute Gasteiger partial charge is 0.376 e. The van der Waals surface area contributed by atoms with E-state index in [0.29, 0.717) is 35.6 Å². The van der Waals surface area contributed by atoms with Gasteiger partial charge >= 0.3 is 0 Å². The minimum Gasteiger partial charge on any atom is -0.376 e. The van der Waals surface area contributed by atoms with Gasteiger partial charge in [-0.05, 0) is 18.6 Å². The van der Waals surface area contributed by atoms with E-state index in [4.69, 9.17) is 10.2 Å². The number of H-pyrrole nitrogens is 1. The topological polar surface area (TPSA) is 116 Å². The first-order chi connectivity index (χ1) is 17.5. The van der Waals surface area contributed by atoms with Crippen LogP contribution in [0.2, 0.25) is 0 Å². The summed E-state index contributed by atoms with van der Waals surface area (Å²) in [4.78, 5) is 30.7. The van der Waals surface area contributed by atoms with Gasteiger partial charge in [-0.15, -0.1) is 0 Å². The predicted molar refractivity (Wildman–Crippen MR) is 128 cm³/mol. The van der Waals surface area contributed by atoms with Crippen LogP contribution >= 0.6 is 0 Å². The van der Waals surface area contributed by atoms with Crippen molar-refractivity contribution in [1.29, 1.82) is 5.26 Å². The maximum Gasteiger partial charge on any atom is 0.241 e. The Labute approximate surface area is 205 Å². The van der Waals surface area contributed by atoms with E-state index in [1.54, 1.807) is 23.5 Å². The Morgan fingerprint density at radius 2 is 2.14 bits per heavy atom. The molecule has 9 nitrogen and oxygen atoms in total. The highest BCUT2D eigenvalue weighted by Crippen LogP contribution is 2.25. The minimum absolute atomic E-state index is 0.0375. The Morgan fingerprint density at radius 3 is 2.92 bits per heavy atom. The number of carbonyl (C=O) groups is 1. The molecule has 4 aromatic rings. The molecular weight excluding hydrogens is 466 g/mol. The Hall–Kier alpha value is -4.59. The molecule has 0 radical (unpaired) electrons. The zero-order chi connectivity index (χ0) is 25.2. The van der Waals surface area contributed by atoms with Crippen molar-refractivity contribution >= 4 is 22.8 Å². The van der Waals surface area contributed by atoms with E-state index in [1.165, 1.54) is 10.9 Å². The number of amides is 1. The fourth-order valence-electron chi connectivity index (χ4n) is 4.02. The molecule has 1 saturated heterocycles. The number of aromatic amines is 1. The Balaban J connectivity index is 1.40. The molecule has 1 amide bonds. The highest BCUT2D eigenvalue weighted by Gasteiger charge is 2.30. The zero-order valence-corrected chi connectivity index (χ0v) is 19.4. The van der Waals surface area contributed by atoms with Crippen molar-refractivity contribution in [1.82, 2.24) is 34.7 Å². The summed E-state index contributed by atoms with van der Waals surface area (Å²) in [6, 6.07) is 5.37. The maximum atomic E-state index is 14.2. The van der Waals surface area contributed by atoms with Crippen LogP contribution in [-0.2, 0) is 4.79 Å². The van der Waals surface area contributed by atoms with Gasteiger partial charge in [0, 0.05) is 42.8 Å². The van der Waals surface area contributed by atoms with Crippen molar-refractivity contribution < 1.29 is 13.6 Å². The molecule has 1 aliphatic heterocycles. The number of likely N-dealkylation sites (tertiary alicyclic amines) is 1. The van der Waals surface area contributed by atoms with Crippen LogP contribution < -0.4 is 5.32 Å². The number of nitrogens with zero attached hydrogens (tertiary/aromatic N) is 6. The average Bonchev–Trinajstić information content (AvgIpc) is 3.50. The summed E-state index contributed by atoms with van der Waals surface area (Å²) >= 11 is 0. The molecule has 11 heteroatoms. The highest BCUT2D eigenvalue weighted by molar-refractivity contribution is 5.89. The lowest BCUT2D eigenvalue weighted by Gasteiger charge is -2.35. The lowest BCUT2D eigenvalue weighted by molar-refractivity contribution is -0.134. The van der Waals surface area contributed by atoms with E-state index in [2.05, 4.69) is 26.3 Å². The predicted octanol–water partition coefficient (Wildman–Crippen LogP) is 3.41. The fraction of sp³-hybridized carbons (Fsp3) is 0.240. The highest BCUT2D eigenvalue weighted by atomic mass is 19.1. The molecule has 0 atom stereocenters. The molecule has 0 spiro atoms. The quantitative estimate of drug-likeness (QED) is 0.412. The lowest BCUT2D eigenvalue weighted by atomic mass is 10.0. The van der Waals surface area contributed by atoms with Gasteiger partial charge in [-0.1, -0.05) is 13.0 Å². The molecule has 182 valence electrons. The number of carbonyl (C=O) groups excluding carboxylic acids is 1. The van der Waals surface area contributed by atoms with Crippen LogP contribution in [0, 0.1) is 28.9 Å². The summed E-state index contributed by atoms with van der Waals surface area (Å²) in [6.07, 6.45) is 8.94. The summed E-state index contributed by atoms with van der Waals surface area (Å²) in [5, 5.41) is 12.1. The third-order valence-corrected chi connectivity index (χ3v) is 5.96. The molecule has 1 aromatic carbocycles. The second kappa shape index (κ2) is 9.58. The van der Waals surface area contributed by atoms with Gasteiger partial charge in [0.1, 0.15) is 34.9 Å². The van der Waals surface area contributed by atoms with Crippen LogP contribution in [0.5, 0.6) is 0 Å². The molecule has 1 fully saturated rings. The first-order valence-electron chi connectivity index (χ1n) is 11.4. The van der Waals surface area contributed by atoms with Crippen molar-refractivity contribution in [3.05, 3.63) is 66.4 Å². The number of fused-ring (bicyclic) bond motifs is 1. The number of imidazole rings is 1. The molecule has 0 unspecified atom stereocenters. The van der Waals surface area contributed by atoms with Crippen LogP contribution in [0.1, 0.15) is 18.9 Å². The molecule has 0 aliphatic carbocycles. The third-order valence-electron chi connectivity index (χ3n) is 5.96. The number of allylic oxidation sites excluding steroid dienone is 1. The van der Waals surface area contributed by atoms with Gasteiger partial charge in [-0.25, -0.2) is 23.7 Å². The second-order valence-corrected chi connectivity index (χ2v) is 8.42. The summed E-state index contributed by atoms with van der Waals surface area (Å²) in [6.45, 7) is 2.99. The maximum absolute atomic E-state index is 14.2. The molecular formula is C25H22F2N8O. The number of hydrogen-bond acceptors (Lipinski definition) is 6. The van der Waals surface area contributed by atoms with Crippen molar-refractivity contribution in [3.63, 3.8) is 0 Å². The van der Waals surface area contributed by atoms with E-state index in [0.717, 1.165) is 35.9 Å². The number of nitriles is 1. The Kier molecular flexibility index (Phi) is 6.16. The smallest absolute Gasteiger partial charge is 0.241 e. The molecule has 4 heterocycles. The van der Waals surface area contributed by atoms with E-state index in [1.807, 2.05) is 13.0 Å². The molecule has 1 aliphatic rings. The number of aromatic nitrogens is 5. The van der Waals surface area contributed by atoms with E-state index in [-0.39, 0.29) is 24.1 Å². The molecule has 0 bridgehead atoms. The summed E-state index contributed by atoms with van der Waals surface area (Å²) < 4.78 is 29.2. The molecule has 5 rings (SSSR count). The molecule has 3 aromatic heterocycles. The molecule has 0 saturated carbocycles. The number of rotatable bonds is 7. The van der Waals surface area contributed by atoms with Crippen LogP contribution in [0.4, 0.5) is 8.78 Å². The lowest BCUT2D eigenvalue weighted by Crippen LogP contribution is -2.51. The monoisotopic (exact) mass is 488 g/mol. The van der Waals surface area contributed by atoms with Crippen molar-refractivity contribution in [3.8, 4) is 23.1 Å². The second-order valence-electron chi connectivity index (χ2n) is 8.42. The Bertz CT molecular complexity index is 1510. The van der Waals surface area contributed by atoms with E-state index in [9.17, 15) is 13.6 Å². The van der Waals surface area contributed by atoms with Gasteiger partial charge in [0.25, 0.3) is 0 Å². The van der Waals surface area contributed by atoms with Crippen molar-refractivity contribution in [2.45, 2.75) is 13.3 Å². The first kappa shape index (κ1) is 23.2. The van der Waals surface area contributed by atoms with Crippen LogP contribution in [0.3, 0.4) is 0 Å². The SMILES string of the molecule is CC/C=C(/NCC(=O)N1CC(C#N)C1)c1c[nH]c2ncc(-c3cn(-c4cc(F)ccc4F)cn3)nc12. The van der Waals surface area contributed by atoms with Gasteiger partial charge in [-0.2, -0.15) is 5.26 Å². The van der Waals surface area contributed by atoms with Gasteiger partial charge < -0.3 is 19.8 Å². The zero-order valence-electron chi connectivity index (χ0n) is 19.4. The number of benzene rings is 1. The van der Waals surface area contributed by atoms with Gasteiger partial charge in [0.15, 0.2) is 5.65 Å². The van der Waals surface area contributed by atoms with Crippen LogP contribution in [0.25, 0.3) is 33.9 Å². The standard InChI is InChI=1S/C25H22F2N8O/c1-2-3-19(29-10-23(36)34-11-15(7-28)12-34)17-8-30-25-24(17)33-20(9-31-25)21-13-35(14-32-21)22-6-16(26)4-5-18(22)27/h3-6,8-9,13-15,29H,2,10-12H2,1H3,(H,30,31)/b19-3+. The fourth-order valence-corrected chi connectivity index (χ4v) is 4.02. The summed E-state index contributed by atoms with van der Waals surface area (Å²) in [5.74, 6) is -1.31. The summed E-state index contributed by atoms with van der Waals surface area (Å²) in [5.41, 5.74) is 3.53. The van der Waals surface area contributed by atoms with E-state index >= 15 is 0 Å². The van der Waals surface area contributed by atoms with Crippen LogP contribution in [0.15, 0.2) is 49.2 Å². The van der Waals surface area contributed by atoms with Gasteiger partial charge in [0.05, 0.1) is 30.4 Å². The average molecular weight is 489 g/mol. The summed E-state index contributed by atoms with van der Waals surface area (Å²) in [7, 11) is 0. The number of nitrogens with one attached hydrogen (secondary N) is 2. The molecule has 2 N–H and O–H groups in total. The van der Waals surface area contributed by atoms with E-state index < -0.39 is 11.6 Å². The van der Waals surface area contributed by atoms with Crippen LogP contribution in [-0.4, -0.2) is 54.9 Å². The van der Waals surface area contributed by atoms with Gasteiger partial charge in [-0.3, -0.25) is 4.79 Å². The van der Waals surface area contributed by atoms with Crippen molar-refractivity contribution in [2.75, 3.05) is 19.6 Å². The normalized spacial score (nSPS) is 14.1.